The zero-order valence-corrected chi connectivity index (χ0v) is 9.65. The van der Waals surface area contributed by atoms with Gasteiger partial charge < -0.3 is 0 Å². The molecule has 0 nitrogen and oxygen atoms in total. The van der Waals surface area contributed by atoms with Crippen LogP contribution in [0.3, 0.4) is 0 Å². The molecule has 0 aromatic rings. The Labute approximate surface area is 114 Å². The first-order chi connectivity index (χ1) is 9.41. The summed E-state index contributed by atoms with van der Waals surface area (Å²) in [5.74, 6) is 28.4. The molecule has 19 heavy (non-hydrogen) atoms. The van der Waals surface area contributed by atoms with Gasteiger partial charge in [-0.15, -0.1) is 6.42 Å². The van der Waals surface area contributed by atoms with Crippen LogP contribution in [-0.2, 0) is 0 Å². The van der Waals surface area contributed by atoms with E-state index in [1.807, 2.05) is 0 Å². The fourth-order valence-electron chi connectivity index (χ4n) is 0.478. The van der Waals surface area contributed by atoms with Crippen molar-refractivity contribution in [2.24, 2.45) is 0 Å². The largest absolute Gasteiger partial charge is 0.199 e. The van der Waals surface area contributed by atoms with Crippen LogP contribution in [0.1, 0.15) is 0 Å². The maximum atomic E-state index is 4.89. The van der Waals surface area contributed by atoms with E-state index < -0.39 is 0 Å². The first-order valence-corrected chi connectivity index (χ1v) is 4.58. The van der Waals surface area contributed by atoms with Gasteiger partial charge in [0.1, 0.15) is 5.73 Å². The van der Waals surface area contributed by atoms with Crippen molar-refractivity contribution in [1.82, 2.24) is 0 Å². The van der Waals surface area contributed by atoms with Crippen LogP contribution in [0.4, 0.5) is 0 Å². The monoisotopic (exact) mass is 230 g/mol. The van der Waals surface area contributed by atoms with E-state index in [9.17, 15) is 0 Å². The van der Waals surface area contributed by atoms with Crippen molar-refractivity contribution in [3.8, 4) is 83.9 Å². The van der Waals surface area contributed by atoms with Gasteiger partial charge in [-0.05, 0) is 47.3 Å². The minimum Gasteiger partial charge on any atom is -0.199 e. The number of rotatable bonds is 0. The molecule has 0 radical (unpaired) electrons. The molecule has 0 aromatic carbocycles. The molecule has 78 valence electrons. The lowest BCUT2D eigenvalue weighted by atomic mass is 10.5. The molecule has 0 aliphatic rings. The van der Waals surface area contributed by atoms with E-state index in [0.717, 1.165) is 0 Å². The Morgan fingerprint density at radius 3 is 2.05 bits per heavy atom. The highest BCUT2D eigenvalue weighted by Gasteiger charge is 1.64. The Hall–Kier alpha value is -4.09. The summed E-state index contributed by atoms with van der Waals surface area (Å²) in [4.78, 5) is 0. The van der Waals surface area contributed by atoms with Gasteiger partial charge in [-0.3, -0.25) is 0 Å². The molecule has 0 aliphatic carbocycles. The summed E-state index contributed by atoms with van der Waals surface area (Å²) in [5.41, 5.74) is 7.38. The lowest BCUT2D eigenvalue weighted by molar-refractivity contribution is 2.02. The molecule has 0 bridgehead atoms. The fraction of sp³-hybridized carbons (Fsp3) is 0. The van der Waals surface area contributed by atoms with Crippen LogP contribution in [0.5, 0.6) is 0 Å². The van der Waals surface area contributed by atoms with Crippen molar-refractivity contribution < 1.29 is 0 Å². The molecule has 0 aromatic heterocycles. The fourth-order valence-corrected chi connectivity index (χ4v) is 0.478. The maximum absolute atomic E-state index is 4.89. The SMILES string of the molecule is C#CC#CC#CC#CC#C[C-]=C=C=C=[C+]C#CC#C. The summed E-state index contributed by atoms with van der Waals surface area (Å²) in [6, 6.07) is 0. The van der Waals surface area contributed by atoms with Gasteiger partial charge >= 0.3 is 0 Å². The van der Waals surface area contributed by atoms with Gasteiger partial charge in [0.2, 0.25) is 0 Å². The van der Waals surface area contributed by atoms with E-state index >= 15 is 0 Å². The standard InChI is InChI=1S/C19H2/c1-3-5-7-9-11-13-15-17-19-18-16-14-12-10-8-6-4-2/h1-2H. The molecule has 0 saturated carbocycles. The van der Waals surface area contributed by atoms with Crippen molar-refractivity contribution >= 4 is 0 Å². The number of hydrogen-bond acceptors (Lipinski definition) is 0. The summed E-state index contributed by atoms with van der Waals surface area (Å²) in [6.07, 6.45) is 14.7. The Bertz CT molecular complexity index is 847. The van der Waals surface area contributed by atoms with Crippen LogP contribution < -0.4 is 0 Å². The Morgan fingerprint density at radius 2 is 1.37 bits per heavy atom. The second kappa shape index (κ2) is 13.9. The number of terminal acetylenes is 2. The molecule has 0 heteroatoms. The summed E-state index contributed by atoms with van der Waals surface area (Å²) >= 11 is 0. The molecule has 0 N–H and O–H groups in total. The van der Waals surface area contributed by atoms with E-state index in [2.05, 4.69) is 100 Å². The number of hydrogen-bond donors (Lipinski definition) is 0. The Balaban J connectivity index is 4.50. The van der Waals surface area contributed by atoms with E-state index in [1.165, 1.54) is 0 Å². The predicted octanol–water partition coefficient (Wildman–Crippen LogP) is 0.898. The first kappa shape index (κ1) is 14.9. The van der Waals surface area contributed by atoms with Crippen molar-refractivity contribution in [2.45, 2.75) is 0 Å². The molecule has 0 spiro atoms. The third kappa shape index (κ3) is 13.9. The van der Waals surface area contributed by atoms with Crippen LogP contribution in [0, 0.1) is 96.0 Å². The summed E-state index contributed by atoms with van der Waals surface area (Å²) in [7, 11) is 0. The van der Waals surface area contributed by atoms with Gasteiger partial charge in [0.15, 0.2) is 23.6 Å². The van der Waals surface area contributed by atoms with Crippen LogP contribution in [0.2, 0.25) is 0 Å². The van der Waals surface area contributed by atoms with Crippen molar-refractivity contribution in [2.75, 3.05) is 0 Å². The first-order valence-electron chi connectivity index (χ1n) is 4.58. The third-order valence-electron chi connectivity index (χ3n) is 1.02. The van der Waals surface area contributed by atoms with Gasteiger partial charge in [0.05, 0.1) is 5.92 Å². The van der Waals surface area contributed by atoms with Crippen LogP contribution in [0.25, 0.3) is 0 Å². The van der Waals surface area contributed by atoms with Crippen molar-refractivity contribution in [1.29, 1.82) is 0 Å². The van der Waals surface area contributed by atoms with E-state index in [-0.39, 0.29) is 0 Å². The quantitative estimate of drug-likeness (QED) is 0.329. The van der Waals surface area contributed by atoms with E-state index in [1.54, 1.807) is 0 Å². The van der Waals surface area contributed by atoms with Crippen molar-refractivity contribution in [3.63, 3.8) is 0 Å². The smallest absolute Gasteiger partial charge is 0.170 e. The van der Waals surface area contributed by atoms with E-state index in [0.29, 0.717) is 0 Å². The van der Waals surface area contributed by atoms with Crippen LogP contribution in [-0.4, -0.2) is 0 Å². The Kier molecular flexibility index (Phi) is 10.9. The predicted molar refractivity (Wildman–Crippen MR) is 73.6 cm³/mol. The minimum absolute atomic E-state index is 2.12. The summed E-state index contributed by atoms with van der Waals surface area (Å²) in [5, 5.41) is 0. The van der Waals surface area contributed by atoms with Gasteiger partial charge in [0.25, 0.3) is 0 Å². The van der Waals surface area contributed by atoms with Gasteiger partial charge in [-0.25, -0.2) is 0 Å². The Morgan fingerprint density at radius 1 is 0.737 bits per heavy atom. The zero-order chi connectivity index (χ0) is 14.0. The van der Waals surface area contributed by atoms with E-state index in [4.69, 9.17) is 12.8 Å². The normalized spacial score (nSPS) is 3.89. The van der Waals surface area contributed by atoms with Crippen molar-refractivity contribution in [3.05, 3.63) is 29.3 Å². The molecular weight excluding hydrogens is 228 g/mol. The lowest BCUT2D eigenvalue weighted by Crippen LogP contribution is -1.53. The molecule has 0 fully saturated rings. The van der Waals surface area contributed by atoms with Gasteiger partial charge in [-0.2, -0.15) is 11.8 Å². The molecule has 0 unspecified atom stereocenters. The molecule has 0 amide bonds. The molecular formula is C19H2. The zero-order valence-electron chi connectivity index (χ0n) is 9.65. The average Bonchev–Trinajstić information content (AvgIpc) is 2.43. The summed E-state index contributed by atoms with van der Waals surface area (Å²) in [6.45, 7) is 0. The van der Waals surface area contributed by atoms with Crippen LogP contribution in [0.15, 0.2) is 17.2 Å². The maximum Gasteiger partial charge on any atom is 0.170 e. The highest BCUT2D eigenvalue weighted by atomic mass is 13.6. The molecule has 0 aliphatic heterocycles. The highest BCUT2D eigenvalue weighted by Crippen LogP contribution is 1.61. The molecule has 0 atom stereocenters. The second-order valence-corrected chi connectivity index (χ2v) is 2.16. The molecule has 0 rings (SSSR count). The third-order valence-corrected chi connectivity index (χ3v) is 1.02. The lowest BCUT2D eigenvalue weighted by Gasteiger charge is -1.63. The average molecular weight is 230 g/mol. The second-order valence-electron chi connectivity index (χ2n) is 2.16. The molecule has 0 saturated heterocycles. The van der Waals surface area contributed by atoms with Gasteiger partial charge in [0, 0.05) is 0 Å². The highest BCUT2D eigenvalue weighted by molar-refractivity contribution is 5.42. The van der Waals surface area contributed by atoms with Crippen LogP contribution >= 0.6 is 0 Å². The summed E-state index contributed by atoms with van der Waals surface area (Å²) < 4.78 is 0. The number of allylic oxidation sites excluding steroid dienone is 2. The molecule has 0 heterocycles. The van der Waals surface area contributed by atoms with Gasteiger partial charge in [-0.1, -0.05) is 12.3 Å². The minimum atomic E-state index is 2.12. The topological polar surface area (TPSA) is 0 Å².